The maximum Gasteiger partial charge on any atom is 0.312 e. The first-order chi connectivity index (χ1) is 13.9. The van der Waals surface area contributed by atoms with Crippen molar-refractivity contribution in [1.82, 2.24) is 4.57 Å². The van der Waals surface area contributed by atoms with Crippen LogP contribution < -0.4 is 15.6 Å². The van der Waals surface area contributed by atoms with Crippen LogP contribution in [-0.4, -0.2) is 22.5 Å². The SMILES string of the molecule is COc1ccc(NC(=O)c2ccc(=O)n(Cc3ccc(F)cc3)c2)cc1[N+](=O)[O-]. The number of nitrogens with zero attached hydrogens (tertiary/aromatic N) is 2. The number of amides is 1. The molecule has 3 rings (SSSR count). The van der Waals surface area contributed by atoms with Crippen molar-refractivity contribution in [3.05, 3.63) is 98.2 Å². The highest BCUT2D eigenvalue weighted by Gasteiger charge is 2.17. The van der Waals surface area contributed by atoms with E-state index in [-0.39, 0.29) is 40.6 Å². The summed E-state index contributed by atoms with van der Waals surface area (Å²) in [5, 5.41) is 13.7. The minimum Gasteiger partial charge on any atom is -0.490 e. The molecule has 2 aromatic carbocycles. The normalized spacial score (nSPS) is 10.4. The maximum atomic E-state index is 13.0. The van der Waals surface area contributed by atoms with Crippen molar-refractivity contribution in [3.8, 4) is 5.75 Å². The quantitative estimate of drug-likeness (QED) is 0.508. The second-order valence-corrected chi connectivity index (χ2v) is 6.11. The van der Waals surface area contributed by atoms with Crippen LogP contribution in [0.3, 0.4) is 0 Å². The molecule has 148 valence electrons. The van der Waals surface area contributed by atoms with Crippen LogP contribution in [0, 0.1) is 15.9 Å². The third-order valence-electron chi connectivity index (χ3n) is 4.15. The standard InChI is InChI=1S/C20H16FN3O5/c1-29-18-8-7-16(10-17(18)24(27)28)22-20(26)14-4-9-19(25)23(12-14)11-13-2-5-15(21)6-3-13/h2-10,12H,11H2,1H3,(H,22,26). The molecule has 29 heavy (non-hydrogen) atoms. The molecule has 0 saturated heterocycles. The highest BCUT2D eigenvalue weighted by molar-refractivity contribution is 6.04. The van der Waals surface area contributed by atoms with E-state index in [0.29, 0.717) is 5.56 Å². The summed E-state index contributed by atoms with van der Waals surface area (Å²) in [7, 11) is 1.31. The number of ether oxygens (including phenoxy) is 1. The lowest BCUT2D eigenvalue weighted by Gasteiger charge is -2.10. The van der Waals surface area contributed by atoms with Gasteiger partial charge in [-0.3, -0.25) is 19.7 Å². The van der Waals surface area contributed by atoms with Crippen molar-refractivity contribution >= 4 is 17.3 Å². The summed E-state index contributed by atoms with van der Waals surface area (Å²) in [6.45, 7) is 0.161. The monoisotopic (exact) mass is 397 g/mol. The fourth-order valence-electron chi connectivity index (χ4n) is 2.69. The lowest BCUT2D eigenvalue weighted by atomic mass is 10.2. The first-order valence-electron chi connectivity index (χ1n) is 8.46. The number of nitrogens with one attached hydrogen (secondary N) is 1. The van der Waals surface area contributed by atoms with Crippen LogP contribution in [0.4, 0.5) is 15.8 Å². The second kappa shape index (κ2) is 8.34. The second-order valence-electron chi connectivity index (χ2n) is 6.11. The van der Waals surface area contributed by atoms with Gasteiger partial charge in [0.25, 0.3) is 11.5 Å². The number of nitro benzene ring substituents is 1. The molecular formula is C20H16FN3O5. The number of methoxy groups -OCH3 is 1. The van der Waals surface area contributed by atoms with Crippen LogP contribution >= 0.6 is 0 Å². The van der Waals surface area contributed by atoms with E-state index in [1.165, 1.54) is 60.3 Å². The van der Waals surface area contributed by atoms with Gasteiger partial charge in [0.1, 0.15) is 5.82 Å². The number of benzene rings is 2. The largest absolute Gasteiger partial charge is 0.490 e. The Hall–Kier alpha value is -4.01. The van der Waals surface area contributed by atoms with Crippen molar-refractivity contribution in [2.24, 2.45) is 0 Å². The molecule has 0 aliphatic rings. The van der Waals surface area contributed by atoms with Crippen molar-refractivity contribution in [2.75, 3.05) is 12.4 Å². The highest BCUT2D eigenvalue weighted by atomic mass is 19.1. The summed E-state index contributed by atoms with van der Waals surface area (Å²) in [6.07, 6.45) is 1.37. The Kier molecular flexibility index (Phi) is 5.68. The van der Waals surface area contributed by atoms with Gasteiger partial charge in [0, 0.05) is 24.0 Å². The van der Waals surface area contributed by atoms with E-state index in [2.05, 4.69) is 5.32 Å². The summed E-state index contributed by atoms with van der Waals surface area (Å²) in [6, 6.07) is 12.3. The van der Waals surface area contributed by atoms with E-state index < -0.39 is 10.8 Å². The molecule has 3 aromatic rings. The molecule has 8 nitrogen and oxygen atoms in total. The fourth-order valence-corrected chi connectivity index (χ4v) is 2.69. The van der Waals surface area contributed by atoms with Crippen LogP contribution in [0.25, 0.3) is 0 Å². The third kappa shape index (κ3) is 4.64. The summed E-state index contributed by atoms with van der Waals surface area (Å²) in [5.41, 5.74) is 0.471. The summed E-state index contributed by atoms with van der Waals surface area (Å²) >= 11 is 0. The summed E-state index contributed by atoms with van der Waals surface area (Å²) in [5.74, 6) is -0.860. The van der Waals surface area contributed by atoms with Gasteiger partial charge in [-0.2, -0.15) is 0 Å². The van der Waals surface area contributed by atoms with Gasteiger partial charge in [-0.05, 0) is 35.9 Å². The minimum atomic E-state index is -0.614. The van der Waals surface area contributed by atoms with Gasteiger partial charge >= 0.3 is 5.69 Å². The zero-order valence-corrected chi connectivity index (χ0v) is 15.3. The third-order valence-corrected chi connectivity index (χ3v) is 4.15. The number of nitro groups is 1. The molecule has 0 spiro atoms. The number of carbonyl (C=O) groups excluding carboxylic acids is 1. The van der Waals surface area contributed by atoms with Crippen LogP contribution in [0.1, 0.15) is 15.9 Å². The van der Waals surface area contributed by atoms with Crippen molar-refractivity contribution in [1.29, 1.82) is 0 Å². The first-order valence-corrected chi connectivity index (χ1v) is 8.46. The lowest BCUT2D eigenvalue weighted by molar-refractivity contribution is -0.385. The van der Waals surface area contributed by atoms with Gasteiger partial charge in [0.15, 0.2) is 5.75 Å². The van der Waals surface area contributed by atoms with Crippen LogP contribution in [-0.2, 0) is 6.54 Å². The Balaban J connectivity index is 1.83. The number of carbonyl (C=O) groups is 1. The van der Waals surface area contributed by atoms with Crippen molar-refractivity contribution < 1.29 is 18.8 Å². The summed E-state index contributed by atoms with van der Waals surface area (Å²) < 4.78 is 19.3. The van der Waals surface area contributed by atoms with E-state index in [9.17, 15) is 24.1 Å². The molecule has 0 saturated carbocycles. The molecule has 0 unspecified atom stereocenters. The molecule has 9 heteroatoms. The van der Waals surface area contributed by atoms with Crippen LogP contribution in [0.5, 0.6) is 5.75 Å². The Labute approximate surface area is 164 Å². The molecule has 0 bridgehead atoms. The average molecular weight is 397 g/mol. The van der Waals surface area contributed by atoms with Crippen molar-refractivity contribution in [2.45, 2.75) is 6.54 Å². The molecular weight excluding hydrogens is 381 g/mol. The van der Waals surface area contributed by atoms with Gasteiger partial charge in [0.2, 0.25) is 0 Å². The van der Waals surface area contributed by atoms with E-state index in [0.717, 1.165) is 0 Å². The Morgan fingerprint density at radius 2 is 1.90 bits per heavy atom. The van der Waals surface area contributed by atoms with Crippen LogP contribution in [0.15, 0.2) is 65.6 Å². The summed E-state index contributed by atoms with van der Waals surface area (Å²) in [4.78, 5) is 35.1. The molecule has 0 radical (unpaired) electrons. The van der Waals surface area contributed by atoms with Gasteiger partial charge < -0.3 is 14.6 Å². The Bertz CT molecular complexity index is 1130. The van der Waals surface area contributed by atoms with Crippen LogP contribution in [0.2, 0.25) is 0 Å². The fraction of sp³-hybridized carbons (Fsp3) is 0.100. The predicted molar refractivity (Wildman–Crippen MR) is 104 cm³/mol. The molecule has 0 atom stereocenters. The van der Waals surface area contributed by atoms with E-state index in [1.54, 1.807) is 12.1 Å². The molecule has 0 aliphatic carbocycles. The topological polar surface area (TPSA) is 103 Å². The van der Waals surface area contributed by atoms with Gasteiger partial charge in [-0.25, -0.2) is 4.39 Å². The number of halogens is 1. The Morgan fingerprint density at radius 1 is 1.17 bits per heavy atom. The Morgan fingerprint density at radius 3 is 2.55 bits per heavy atom. The lowest BCUT2D eigenvalue weighted by Crippen LogP contribution is -2.22. The smallest absolute Gasteiger partial charge is 0.312 e. The number of hydrogen-bond donors (Lipinski definition) is 1. The van der Waals surface area contributed by atoms with E-state index in [1.807, 2.05) is 0 Å². The van der Waals surface area contributed by atoms with E-state index in [4.69, 9.17) is 4.74 Å². The zero-order valence-electron chi connectivity index (χ0n) is 15.3. The molecule has 1 N–H and O–H groups in total. The molecule has 1 aromatic heterocycles. The van der Waals surface area contributed by atoms with Gasteiger partial charge in [0.05, 0.1) is 24.1 Å². The zero-order chi connectivity index (χ0) is 21.0. The number of anilines is 1. The molecule has 0 fully saturated rings. The minimum absolute atomic E-state index is 0.0702. The molecule has 1 amide bonds. The number of pyridine rings is 1. The number of rotatable bonds is 6. The maximum absolute atomic E-state index is 13.0. The van der Waals surface area contributed by atoms with Gasteiger partial charge in [-0.15, -0.1) is 0 Å². The number of hydrogen-bond acceptors (Lipinski definition) is 5. The first kappa shape index (κ1) is 19.7. The molecule has 1 heterocycles. The molecule has 0 aliphatic heterocycles. The van der Waals surface area contributed by atoms with Crippen molar-refractivity contribution in [3.63, 3.8) is 0 Å². The predicted octanol–water partition coefficient (Wildman–Crippen LogP) is 3.20. The average Bonchev–Trinajstić information content (AvgIpc) is 2.71. The van der Waals surface area contributed by atoms with Gasteiger partial charge in [-0.1, -0.05) is 12.1 Å². The highest BCUT2D eigenvalue weighted by Crippen LogP contribution is 2.29. The van der Waals surface area contributed by atoms with E-state index >= 15 is 0 Å². The number of aromatic nitrogens is 1.